The first-order valence-corrected chi connectivity index (χ1v) is 7.26. The van der Waals surface area contributed by atoms with Crippen LogP contribution in [0.3, 0.4) is 0 Å². The Morgan fingerprint density at radius 2 is 1.31 bits per heavy atom. The number of carbonyl (C=O) groups is 1. The van der Waals surface area contributed by atoms with E-state index < -0.39 is 0 Å². The van der Waals surface area contributed by atoms with Gasteiger partial charge in [0.25, 0.3) is 0 Å². The number of rotatable bonds is 11. The van der Waals surface area contributed by atoms with Crippen molar-refractivity contribution in [1.29, 1.82) is 0 Å². The zero-order valence-corrected chi connectivity index (χ0v) is 11.5. The van der Waals surface area contributed by atoms with Crippen molar-refractivity contribution in [2.24, 2.45) is 0 Å². The van der Waals surface area contributed by atoms with E-state index in [1.54, 1.807) is 6.92 Å². The van der Waals surface area contributed by atoms with Gasteiger partial charge >= 0.3 is 0 Å². The summed E-state index contributed by atoms with van der Waals surface area (Å²) in [7, 11) is 0. The molecule has 0 saturated carbocycles. The number of carbonyl (C=O) groups excluding carboxylic acids is 1. The Labute approximate surface area is 106 Å². The highest BCUT2D eigenvalue weighted by Crippen LogP contribution is 2.09. The van der Waals surface area contributed by atoms with Crippen LogP contribution in [-0.2, 0) is 4.79 Å². The molecule has 0 aromatic rings. The molecule has 0 heterocycles. The van der Waals surface area contributed by atoms with Gasteiger partial charge < -0.3 is 5.32 Å². The van der Waals surface area contributed by atoms with E-state index in [4.69, 9.17) is 0 Å². The van der Waals surface area contributed by atoms with E-state index in [-0.39, 0.29) is 5.91 Å². The number of unbranched alkanes of at least 4 members (excludes halogenated alkanes) is 8. The summed E-state index contributed by atoms with van der Waals surface area (Å²) >= 11 is 4.20. The van der Waals surface area contributed by atoms with Gasteiger partial charge in [0.2, 0.25) is 5.91 Å². The summed E-state index contributed by atoms with van der Waals surface area (Å²) in [5.41, 5.74) is 0. The van der Waals surface area contributed by atoms with Crippen LogP contribution in [-0.4, -0.2) is 18.2 Å². The van der Waals surface area contributed by atoms with Gasteiger partial charge in [-0.2, -0.15) is 12.6 Å². The number of hydrogen-bond donors (Lipinski definition) is 2. The summed E-state index contributed by atoms with van der Waals surface area (Å²) in [4.78, 5) is 10.6. The number of amides is 1. The molecule has 0 unspecified atom stereocenters. The van der Waals surface area contributed by atoms with Gasteiger partial charge in [-0.15, -0.1) is 0 Å². The van der Waals surface area contributed by atoms with Crippen LogP contribution in [0.4, 0.5) is 0 Å². The van der Waals surface area contributed by atoms with Crippen LogP contribution in [0.15, 0.2) is 0 Å². The maximum absolute atomic E-state index is 10.6. The van der Waals surface area contributed by atoms with Crippen LogP contribution in [0.5, 0.6) is 0 Å². The average molecular weight is 245 g/mol. The molecule has 0 aromatic heterocycles. The van der Waals surface area contributed by atoms with Crippen molar-refractivity contribution >= 4 is 18.5 Å². The Kier molecular flexibility index (Phi) is 12.7. The summed E-state index contributed by atoms with van der Waals surface area (Å²) < 4.78 is 0. The standard InChI is InChI=1S/C13H27NOS/c1-13(15)14-11-9-7-5-3-2-4-6-8-10-12-16/h16H,2-12H2,1H3,(H,14,15). The normalized spacial score (nSPS) is 10.4. The lowest BCUT2D eigenvalue weighted by Crippen LogP contribution is -2.20. The lowest BCUT2D eigenvalue weighted by molar-refractivity contribution is -0.118. The highest BCUT2D eigenvalue weighted by Gasteiger charge is 1.93. The third-order valence-corrected chi connectivity index (χ3v) is 3.03. The van der Waals surface area contributed by atoms with Crippen molar-refractivity contribution in [2.75, 3.05) is 12.3 Å². The van der Waals surface area contributed by atoms with Crippen molar-refractivity contribution in [3.8, 4) is 0 Å². The van der Waals surface area contributed by atoms with E-state index in [1.165, 1.54) is 51.4 Å². The van der Waals surface area contributed by atoms with Crippen LogP contribution in [0.25, 0.3) is 0 Å². The highest BCUT2D eigenvalue weighted by molar-refractivity contribution is 7.80. The second kappa shape index (κ2) is 12.9. The van der Waals surface area contributed by atoms with E-state index >= 15 is 0 Å². The smallest absolute Gasteiger partial charge is 0.216 e. The molecule has 0 aliphatic heterocycles. The molecule has 0 radical (unpaired) electrons. The van der Waals surface area contributed by atoms with E-state index in [1.807, 2.05) is 0 Å². The molecular weight excluding hydrogens is 218 g/mol. The molecule has 0 atom stereocenters. The fourth-order valence-electron chi connectivity index (χ4n) is 1.74. The zero-order valence-electron chi connectivity index (χ0n) is 10.6. The highest BCUT2D eigenvalue weighted by atomic mass is 32.1. The van der Waals surface area contributed by atoms with Crippen LogP contribution < -0.4 is 5.32 Å². The monoisotopic (exact) mass is 245 g/mol. The summed E-state index contributed by atoms with van der Waals surface area (Å²) in [6.07, 6.45) is 11.7. The summed E-state index contributed by atoms with van der Waals surface area (Å²) in [5.74, 6) is 1.12. The first-order valence-electron chi connectivity index (χ1n) is 6.62. The predicted octanol–water partition coefficient (Wildman–Crippen LogP) is 3.56. The summed E-state index contributed by atoms with van der Waals surface area (Å²) in [6, 6.07) is 0. The minimum absolute atomic E-state index is 0.0872. The SMILES string of the molecule is CC(=O)NCCCCCCCCCCCS. The van der Waals surface area contributed by atoms with Crippen LogP contribution in [0.1, 0.15) is 64.7 Å². The molecule has 0 aromatic carbocycles. The third kappa shape index (κ3) is 13.8. The van der Waals surface area contributed by atoms with Crippen molar-refractivity contribution in [2.45, 2.75) is 64.7 Å². The van der Waals surface area contributed by atoms with Gasteiger partial charge in [0.15, 0.2) is 0 Å². The molecule has 0 bridgehead atoms. The zero-order chi connectivity index (χ0) is 12.1. The van der Waals surface area contributed by atoms with Crippen molar-refractivity contribution in [3.05, 3.63) is 0 Å². The predicted molar refractivity (Wildman–Crippen MR) is 74.1 cm³/mol. The Bertz CT molecular complexity index is 162. The molecule has 1 amide bonds. The molecule has 96 valence electrons. The number of thiol groups is 1. The molecule has 16 heavy (non-hydrogen) atoms. The lowest BCUT2D eigenvalue weighted by Gasteiger charge is -2.03. The first-order chi connectivity index (χ1) is 7.77. The van der Waals surface area contributed by atoms with E-state index in [2.05, 4.69) is 17.9 Å². The van der Waals surface area contributed by atoms with Gasteiger partial charge in [-0.3, -0.25) is 4.79 Å². The van der Waals surface area contributed by atoms with Crippen molar-refractivity contribution < 1.29 is 4.79 Å². The molecule has 0 aliphatic carbocycles. The van der Waals surface area contributed by atoms with Crippen LogP contribution in [0, 0.1) is 0 Å². The topological polar surface area (TPSA) is 29.1 Å². The van der Waals surface area contributed by atoms with Crippen LogP contribution >= 0.6 is 12.6 Å². The molecule has 0 spiro atoms. The van der Waals surface area contributed by atoms with Gasteiger partial charge in [-0.05, 0) is 18.6 Å². The summed E-state index contributed by atoms with van der Waals surface area (Å²) in [6.45, 7) is 2.42. The largest absolute Gasteiger partial charge is 0.356 e. The minimum atomic E-state index is 0.0872. The Morgan fingerprint density at radius 3 is 1.75 bits per heavy atom. The van der Waals surface area contributed by atoms with Gasteiger partial charge in [0, 0.05) is 13.5 Å². The molecule has 2 nitrogen and oxygen atoms in total. The van der Waals surface area contributed by atoms with Crippen molar-refractivity contribution in [1.82, 2.24) is 5.32 Å². The number of nitrogens with one attached hydrogen (secondary N) is 1. The van der Waals surface area contributed by atoms with Gasteiger partial charge in [0.05, 0.1) is 0 Å². The lowest BCUT2D eigenvalue weighted by atomic mass is 10.1. The van der Waals surface area contributed by atoms with Crippen LogP contribution in [0.2, 0.25) is 0 Å². The molecule has 0 rings (SSSR count). The molecule has 0 fully saturated rings. The van der Waals surface area contributed by atoms with Crippen molar-refractivity contribution in [3.63, 3.8) is 0 Å². The molecular formula is C13H27NOS. The Morgan fingerprint density at radius 1 is 0.875 bits per heavy atom. The average Bonchev–Trinajstić information content (AvgIpc) is 2.25. The molecule has 3 heteroatoms. The van der Waals surface area contributed by atoms with Gasteiger partial charge in [-0.25, -0.2) is 0 Å². The second-order valence-electron chi connectivity index (χ2n) is 4.39. The third-order valence-electron chi connectivity index (χ3n) is 2.71. The summed E-state index contributed by atoms with van der Waals surface area (Å²) in [5, 5.41) is 2.82. The maximum Gasteiger partial charge on any atom is 0.216 e. The van der Waals surface area contributed by atoms with Gasteiger partial charge in [0.1, 0.15) is 0 Å². The maximum atomic E-state index is 10.6. The number of hydrogen-bond acceptors (Lipinski definition) is 2. The Hall–Kier alpha value is -0.180. The molecule has 1 N–H and O–H groups in total. The molecule has 0 aliphatic rings. The second-order valence-corrected chi connectivity index (χ2v) is 4.84. The van der Waals surface area contributed by atoms with Gasteiger partial charge in [-0.1, -0.05) is 44.9 Å². The Balaban J connectivity index is 2.90. The quantitative estimate of drug-likeness (QED) is 0.423. The fourth-order valence-corrected chi connectivity index (χ4v) is 1.96. The first kappa shape index (κ1) is 15.8. The van der Waals surface area contributed by atoms with E-state index in [0.717, 1.165) is 18.7 Å². The van der Waals surface area contributed by atoms with E-state index in [0.29, 0.717) is 0 Å². The minimum Gasteiger partial charge on any atom is -0.356 e. The molecule has 0 saturated heterocycles. The van der Waals surface area contributed by atoms with E-state index in [9.17, 15) is 4.79 Å². The fraction of sp³-hybridized carbons (Fsp3) is 0.923.